The fourth-order valence-electron chi connectivity index (χ4n) is 2.10. The van der Waals surface area contributed by atoms with E-state index in [2.05, 4.69) is 26.6 Å². The Bertz CT molecular complexity index is 810. The van der Waals surface area contributed by atoms with Crippen molar-refractivity contribution in [3.8, 4) is 0 Å². The van der Waals surface area contributed by atoms with Crippen LogP contribution in [0.2, 0.25) is 0 Å². The average molecular weight is 465 g/mol. The third-order valence-corrected chi connectivity index (χ3v) is 5.12. The Hall–Kier alpha value is -2.32. The summed E-state index contributed by atoms with van der Waals surface area (Å²) >= 11 is 4.92. The third-order valence-electron chi connectivity index (χ3n) is 3.58. The van der Waals surface area contributed by atoms with E-state index in [9.17, 15) is 14.4 Å². The molecule has 0 aromatic heterocycles. The first-order valence-electron chi connectivity index (χ1n) is 8.59. The second-order valence-electron chi connectivity index (χ2n) is 5.86. The number of aryl methyl sites for hydroxylation is 1. The SMILES string of the molecule is Cc1ccc(SCCNC(=O)COC(=O)CNC(=O)c2ccc(Br)cc2)cc1. The van der Waals surface area contributed by atoms with Gasteiger partial charge < -0.3 is 15.4 Å². The molecule has 2 rings (SSSR count). The summed E-state index contributed by atoms with van der Waals surface area (Å²) in [5.74, 6) is -0.722. The minimum Gasteiger partial charge on any atom is -0.454 e. The number of thioether (sulfide) groups is 1. The lowest BCUT2D eigenvalue weighted by Gasteiger charge is -2.08. The molecule has 8 heteroatoms. The van der Waals surface area contributed by atoms with Crippen molar-refractivity contribution in [3.05, 3.63) is 64.1 Å². The Balaban J connectivity index is 1.57. The molecule has 6 nitrogen and oxygen atoms in total. The van der Waals surface area contributed by atoms with Crippen LogP contribution in [0.1, 0.15) is 15.9 Å². The fourth-order valence-corrected chi connectivity index (χ4v) is 3.13. The molecule has 2 amide bonds. The summed E-state index contributed by atoms with van der Waals surface area (Å²) in [5, 5.41) is 5.14. The highest BCUT2D eigenvalue weighted by molar-refractivity contribution is 9.10. The number of amides is 2. The monoisotopic (exact) mass is 464 g/mol. The first kappa shape index (κ1) is 22.0. The highest BCUT2D eigenvalue weighted by atomic mass is 79.9. The first-order chi connectivity index (χ1) is 13.4. The normalized spacial score (nSPS) is 10.2. The van der Waals surface area contributed by atoms with Gasteiger partial charge in [0, 0.05) is 27.2 Å². The maximum absolute atomic E-state index is 11.9. The molecule has 0 spiro atoms. The molecular weight excluding hydrogens is 444 g/mol. The zero-order chi connectivity index (χ0) is 20.4. The summed E-state index contributed by atoms with van der Waals surface area (Å²) in [7, 11) is 0. The second-order valence-corrected chi connectivity index (χ2v) is 7.95. The summed E-state index contributed by atoms with van der Waals surface area (Å²) in [6.07, 6.45) is 0. The molecule has 0 unspecified atom stereocenters. The van der Waals surface area contributed by atoms with E-state index in [1.807, 2.05) is 31.2 Å². The molecule has 28 heavy (non-hydrogen) atoms. The zero-order valence-corrected chi connectivity index (χ0v) is 17.8. The molecule has 0 saturated heterocycles. The molecule has 0 bridgehead atoms. The molecule has 0 saturated carbocycles. The number of nitrogens with one attached hydrogen (secondary N) is 2. The van der Waals surface area contributed by atoms with Crippen molar-refractivity contribution < 1.29 is 19.1 Å². The van der Waals surface area contributed by atoms with Gasteiger partial charge in [-0.25, -0.2) is 0 Å². The minimum absolute atomic E-state index is 0.300. The summed E-state index contributed by atoms with van der Waals surface area (Å²) in [6, 6.07) is 14.9. The molecule has 2 aromatic carbocycles. The summed E-state index contributed by atoms with van der Waals surface area (Å²) < 4.78 is 5.71. The summed E-state index contributed by atoms with van der Waals surface area (Å²) in [5.41, 5.74) is 1.63. The molecule has 0 radical (unpaired) electrons. The van der Waals surface area contributed by atoms with Crippen molar-refractivity contribution in [1.29, 1.82) is 0 Å². The third kappa shape index (κ3) is 8.14. The average Bonchev–Trinajstić information content (AvgIpc) is 2.69. The van der Waals surface area contributed by atoms with Crippen LogP contribution in [-0.4, -0.2) is 43.2 Å². The molecular formula is C20H21BrN2O4S. The largest absolute Gasteiger partial charge is 0.454 e. The lowest BCUT2D eigenvalue weighted by molar-refractivity contribution is -0.147. The molecule has 0 aliphatic heterocycles. The van der Waals surface area contributed by atoms with Crippen LogP contribution < -0.4 is 10.6 Å². The van der Waals surface area contributed by atoms with Crippen LogP contribution in [0.25, 0.3) is 0 Å². The molecule has 0 aliphatic rings. The van der Waals surface area contributed by atoms with Gasteiger partial charge in [-0.15, -0.1) is 11.8 Å². The van der Waals surface area contributed by atoms with Crippen LogP contribution in [0.3, 0.4) is 0 Å². The molecule has 2 aromatic rings. The van der Waals surface area contributed by atoms with Crippen molar-refractivity contribution in [2.75, 3.05) is 25.4 Å². The van der Waals surface area contributed by atoms with E-state index in [1.165, 1.54) is 5.56 Å². The highest BCUT2D eigenvalue weighted by Gasteiger charge is 2.10. The molecule has 0 heterocycles. The first-order valence-corrected chi connectivity index (χ1v) is 10.4. The molecule has 0 aliphatic carbocycles. The summed E-state index contributed by atoms with van der Waals surface area (Å²) in [4.78, 5) is 36.4. The van der Waals surface area contributed by atoms with Crippen LogP contribution >= 0.6 is 27.7 Å². The van der Waals surface area contributed by atoms with E-state index in [4.69, 9.17) is 4.74 Å². The van der Waals surface area contributed by atoms with Gasteiger partial charge in [-0.3, -0.25) is 14.4 Å². The van der Waals surface area contributed by atoms with Gasteiger partial charge in [0.05, 0.1) is 0 Å². The number of rotatable bonds is 9. The van der Waals surface area contributed by atoms with E-state index >= 15 is 0 Å². The van der Waals surface area contributed by atoms with Gasteiger partial charge in [-0.1, -0.05) is 33.6 Å². The van der Waals surface area contributed by atoms with Crippen molar-refractivity contribution in [1.82, 2.24) is 10.6 Å². The quantitative estimate of drug-likeness (QED) is 0.338. The van der Waals surface area contributed by atoms with Crippen molar-refractivity contribution in [2.24, 2.45) is 0 Å². The van der Waals surface area contributed by atoms with Crippen LogP contribution in [0, 0.1) is 6.92 Å². The Kier molecular flexibility index (Phi) is 9.03. The topological polar surface area (TPSA) is 84.5 Å². The van der Waals surface area contributed by atoms with Crippen LogP contribution in [-0.2, 0) is 14.3 Å². The second kappa shape index (κ2) is 11.5. The van der Waals surface area contributed by atoms with E-state index in [-0.39, 0.29) is 25.0 Å². The number of ether oxygens (including phenoxy) is 1. The lowest BCUT2D eigenvalue weighted by Crippen LogP contribution is -2.34. The highest BCUT2D eigenvalue weighted by Crippen LogP contribution is 2.17. The smallest absolute Gasteiger partial charge is 0.325 e. The standard InChI is InChI=1S/C20H21BrN2O4S/c1-14-2-8-17(9-3-14)28-11-10-22-18(24)13-27-19(25)12-23-20(26)15-4-6-16(21)7-5-15/h2-9H,10-13H2,1H3,(H,22,24)(H,23,26). The van der Waals surface area contributed by atoms with Crippen molar-refractivity contribution in [2.45, 2.75) is 11.8 Å². The molecule has 148 valence electrons. The van der Waals surface area contributed by atoms with E-state index < -0.39 is 5.97 Å². The van der Waals surface area contributed by atoms with Crippen LogP contribution in [0.4, 0.5) is 0 Å². The predicted molar refractivity (Wildman–Crippen MR) is 112 cm³/mol. The maximum Gasteiger partial charge on any atom is 0.325 e. The number of hydrogen-bond donors (Lipinski definition) is 2. The Morgan fingerprint density at radius 3 is 2.36 bits per heavy atom. The molecule has 0 atom stereocenters. The minimum atomic E-state index is -0.672. The van der Waals surface area contributed by atoms with Gasteiger partial charge in [-0.2, -0.15) is 0 Å². The van der Waals surface area contributed by atoms with E-state index in [0.717, 1.165) is 9.37 Å². The van der Waals surface area contributed by atoms with Crippen molar-refractivity contribution in [3.63, 3.8) is 0 Å². The van der Waals surface area contributed by atoms with Crippen molar-refractivity contribution >= 4 is 45.5 Å². The Morgan fingerprint density at radius 2 is 1.68 bits per heavy atom. The lowest BCUT2D eigenvalue weighted by atomic mass is 10.2. The van der Waals surface area contributed by atoms with Gasteiger partial charge >= 0.3 is 5.97 Å². The predicted octanol–water partition coefficient (Wildman–Crippen LogP) is 2.94. The molecule has 2 N–H and O–H groups in total. The fraction of sp³-hybridized carbons (Fsp3) is 0.250. The summed E-state index contributed by atoms with van der Waals surface area (Å²) in [6.45, 7) is 1.82. The van der Waals surface area contributed by atoms with Crippen LogP contribution in [0.15, 0.2) is 57.9 Å². The molecule has 0 fully saturated rings. The van der Waals surface area contributed by atoms with Gasteiger partial charge in [0.15, 0.2) is 6.61 Å². The Labute approximate surface area is 176 Å². The maximum atomic E-state index is 11.9. The van der Waals surface area contributed by atoms with Gasteiger partial charge in [0.1, 0.15) is 6.54 Å². The number of carbonyl (C=O) groups is 3. The zero-order valence-electron chi connectivity index (χ0n) is 15.4. The van der Waals surface area contributed by atoms with Gasteiger partial charge in [0.2, 0.25) is 0 Å². The number of hydrogen-bond acceptors (Lipinski definition) is 5. The number of carbonyl (C=O) groups excluding carboxylic acids is 3. The van der Waals surface area contributed by atoms with Gasteiger partial charge in [-0.05, 0) is 43.3 Å². The van der Waals surface area contributed by atoms with Crippen LogP contribution in [0.5, 0.6) is 0 Å². The Morgan fingerprint density at radius 1 is 1.00 bits per heavy atom. The van der Waals surface area contributed by atoms with E-state index in [0.29, 0.717) is 17.9 Å². The van der Waals surface area contributed by atoms with Gasteiger partial charge in [0.25, 0.3) is 11.8 Å². The number of halogens is 1. The van der Waals surface area contributed by atoms with E-state index in [1.54, 1.807) is 36.0 Å². The number of esters is 1. The number of benzene rings is 2.